The van der Waals surface area contributed by atoms with Crippen LogP contribution in [0.15, 0.2) is 35.4 Å². The average Bonchev–Trinajstić information content (AvgIpc) is 2.87. The molecule has 1 aromatic heterocycles. The van der Waals surface area contributed by atoms with Crippen LogP contribution in [-0.2, 0) is 7.05 Å². The summed E-state index contributed by atoms with van der Waals surface area (Å²) in [4.78, 5) is 24.3. The highest BCUT2D eigenvalue weighted by atomic mass is 16.2. The second-order valence-corrected chi connectivity index (χ2v) is 5.10. The van der Waals surface area contributed by atoms with Gasteiger partial charge in [0.05, 0.1) is 17.3 Å². The molecule has 5 nitrogen and oxygen atoms in total. The molecular weight excluding hydrogens is 266 g/mol. The number of fused-ring (bicyclic) bond motifs is 1. The fraction of sp³-hybridized carbons (Fsp3) is 0.188. The molecule has 3 rings (SSSR count). The molecule has 21 heavy (non-hydrogen) atoms. The molecule has 0 radical (unpaired) electrons. The number of carbonyl (C=O) groups is 2. The Hall–Kier alpha value is -2.69. The Morgan fingerprint density at radius 2 is 1.62 bits per heavy atom. The smallest absolute Gasteiger partial charge is 0.282 e. The summed E-state index contributed by atoms with van der Waals surface area (Å²) >= 11 is 0. The van der Waals surface area contributed by atoms with E-state index in [1.807, 2.05) is 31.5 Å². The first-order valence-corrected chi connectivity index (χ1v) is 6.65. The van der Waals surface area contributed by atoms with Gasteiger partial charge in [-0.25, -0.2) is 0 Å². The Labute approximate surface area is 122 Å². The van der Waals surface area contributed by atoms with Crippen LogP contribution in [0.1, 0.15) is 37.7 Å². The molecule has 2 amide bonds. The zero-order chi connectivity index (χ0) is 15.1. The topological polar surface area (TPSA) is 54.7 Å². The summed E-state index contributed by atoms with van der Waals surface area (Å²) in [7, 11) is 1.96. The quantitative estimate of drug-likeness (QED) is 0.626. The second-order valence-electron chi connectivity index (χ2n) is 5.10. The summed E-state index contributed by atoms with van der Waals surface area (Å²) in [6.07, 6.45) is 1.56. The number of hydrogen-bond donors (Lipinski definition) is 0. The molecule has 5 heteroatoms. The lowest BCUT2D eigenvalue weighted by atomic mass is 10.1. The maximum absolute atomic E-state index is 12.2. The van der Waals surface area contributed by atoms with Gasteiger partial charge in [0.15, 0.2) is 0 Å². The van der Waals surface area contributed by atoms with Crippen LogP contribution in [0.25, 0.3) is 0 Å². The standard InChI is InChI=1S/C16H15N3O2/c1-10-8-12(11(2)18(10)3)9-17-19-15(20)13-6-4-5-7-14(13)16(19)21/h4-9H,1-3H3/b17-9+. The molecule has 1 aromatic carbocycles. The Morgan fingerprint density at radius 1 is 1.05 bits per heavy atom. The highest BCUT2D eigenvalue weighted by molar-refractivity contribution is 6.21. The molecule has 0 aliphatic carbocycles. The maximum Gasteiger partial charge on any atom is 0.282 e. The van der Waals surface area contributed by atoms with Gasteiger partial charge in [-0.05, 0) is 32.0 Å². The molecule has 0 saturated heterocycles. The van der Waals surface area contributed by atoms with Crippen LogP contribution in [0.4, 0.5) is 0 Å². The zero-order valence-electron chi connectivity index (χ0n) is 12.1. The molecule has 0 fully saturated rings. The molecule has 0 bridgehead atoms. The Balaban J connectivity index is 1.93. The van der Waals surface area contributed by atoms with Crippen LogP contribution in [-0.4, -0.2) is 27.6 Å². The number of hydrazone groups is 1. The SMILES string of the molecule is Cc1cc(/C=N/N2C(=O)c3ccccc3C2=O)c(C)n1C. The van der Waals surface area contributed by atoms with Gasteiger partial charge in [-0.1, -0.05) is 12.1 Å². The summed E-state index contributed by atoms with van der Waals surface area (Å²) in [5.41, 5.74) is 3.83. The normalized spacial score (nSPS) is 14.3. The third-order valence-electron chi connectivity index (χ3n) is 3.90. The van der Waals surface area contributed by atoms with Crippen molar-refractivity contribution in [2.75, 3.05) is 0 Å². The number of nitrogens with zero attached hydrogens (tertiary/aromatic N) is 3. The first kappa shape index (κ1) is 13.3. The average molecular weight is 281 g/mol. The van der Waals surface area contributed by atoms with E-state index in [2.05, 4.69) is 5.10 Å². The fourth-order valence-corrected chi connectivity index (χ4v) is 2.42. The summed E-state index contributed by atoms with van der Waals surface area (Å²) in [5.74, 6) is -0.755. The van der Waals surface area contributed by atoms with Gasteiger partial charge in [-0.3, -0.25) is 9.59 Å². The summed E-state index contributed by atoms with van der Waals surface area (Å²) in [6.45, 7) is 3.96. The van der Waals surface area contributed by atoms with Gasteiger partial charge in [0, 0.05) is 24.0 Å². The van der Waals surface area contributed by atoms with Crippen LogP contribution in [0.2, 0.25) is 0 Å². The molecule has 0 unspecified atom stereocenters. The van der Waals surface area contributed by atoms with Gasteiger partial charge in [0.25, 0.3) is 11.8 Å². The van der Waals surface area contributed by atoms with Crippen molar-refractivity contribution in [3.05, 3.63) is 58.4 Å². The van der Waals surface area contributed by atoms with Crippen LogP contribution in [0.3, 0.4) is 0 Å². The molecule has 0 spiro atoms. The summed E-state index contributed by atoms with van der Waals surface area (Å²) < 4.78 is 2.03. The lowest BCUT2D eigenvalue weighted by Crippen LogP contribution is -2.24. The van der Waals surface area contributed by atoms with Crippen molar-refractivity contribution >= 4 is 18.0 Å². The van der Waals surface area contributed by atoms with E-state index in [0.717, 1.165) is 22.0 Å². The van der Waals surface area contributed by atoms with Gasteiger partial charge >= 0.3 is 0 Å². The highest BCUT2D eigenvalue weighted by Crippen LogP contribution is 2.22. The number of carbonyl (C=O) groups excluding carboxylic acids is 2. The second kappa shape index (κ2) is 4.70. The van der Waals surface area contributed by atoms with E-state index >= 15 is 0 Å². The molecule has 0 saturated carbocycles. The van der Waals surface area contributed by atoms with Crippen molar-refractivity contribution in [3.8, 4) is 0 Å². The molecule has 2 aromatic rings. The van der Waals surface area contributed by atoms with E-state index in [9.17, 15) is 9.59 Å². The molecule has 1 aliphatic rings. The van der Waals surface area contributed by atoms with Crippen molar-refractivity contribution in [2.45, 2.75) is 13.8 Å². The van der Waals surface area contributed by atoms with Crippen LogP contribution in [0.5, 0.6) is 0 Å². The molecule has 106 valence electrons. The van der Waals surface area contributed by atoms with E-state index in [4.69, 9.17) is 0 Å². The summed E-state index contributed by atoms with van der Waals surface area (Å²) in [5, 5.41) is 5.00. The van der Waals surface area contributed by atoms with Crippen LogP contribution >= 0.6 is 0 Å². The van der Waals surface area contributed by atoms with Gasteiger partial charge in [0.2, 0.25) is 0 Å². The van der Waals surface area contributed by atoms with Crippen molar-refractivity contribution in [1.29, 1.82) is 0 Å². The van der Waals surface area contributed by atoms with E-state index in [-0.39, 0.29) is 11.8 Å². The number of imide groups is 1. The van der Waals surface area contributed by atoms with Crippen molar-refractivity contribution in [2.24, 2.45) is 12.1 Å². The third-order valence-corrected chi connectivity index (χ3v) is 3.90. The third kappa shape index (κ3) is 1.98. The van der Waals surface area contributed by atoms with E-state index in [1.165, 1.54) is 0 Å². The minimum absolute atomic E-state index is 0.378. The lowest BCUT2D eigenvalue weighted by molar-refractivity contribution is 0.0660. The number of aromatic nitrogens is 1. The lowest BCUT2D eigenvalue weighted by Gasteiger charge is -2.05. The predicted molar refractivity (Wildman–Crippen MR) is 79.4 cm³/mol. The Morgan fingerprint density at radius 3 is 2.10 bits per heavy atom. The number of benzene rings is 1. The molecular formula is C16H15N3O2. The Bertz CT molecular complexity index is 752. The summed E-state index contributed by atoms with van der Waals surface area (Å²) in [6, 6.07) is 8.73. The van der Waals surface area contributed by atoms with Crippen LogP contribution in [0, 0.1) is 13.8 Å². The van der Waals surface area contributed by atoms with E-state index in [0.29, 0.717) is 11.1 Å². The molecule has 2 heterocycles. The largest absolute Gasteiger partial charge is 0.352 e. The number of aryl methyl sites for hydroxylation is 1. The Kier molecular flexibility index (Phi) is 2.97. The molecule has 0 N–H and O–H groups in total. The zero-order valence-corrected chi connectivity index (χ0v) is 12.1. The van der Waals surface area contributed by atoms with Gasteiger partial charge < -0.3 is 4.57 Å². The van der Waals surface area contributed by atoms with Crippen molar-refractivity contribution in [3.63, 3.8) is 0 Å². The van der Waals surface area contributed by atoms with E-state index in [1.54, 1.807) is 30.5 Å². The predicted octanol–water partition coefficient (Wildman–Crippen LogP) is 2.27. The van der Waals surface area contributed by atoms with Gasteiger partial charge in [0.1, 0.15) is 0 Å². The van der Waals surface area contributed by atoms with Gasteiger partial charge in [-0.15, -0.1) is 0 Å². The molecule has 0 atom stereocenters. The number of amides is 2. The monoisotopic (exact) mass is 281 g/mol. The van der Waals surface area contributed by atoms with Crippen molar-refractivity contribution in [1.82, 2.24) is 9.58 Å². The highest BCUT2D eigenvalue weighted by Gasteiger charge is 2.35. The number of rotatable bonds is 2. The van der Waals surface area contributed by atoms with Crippen molar-refractivity contribution < 1.29 is 9.59 Å². The van der Waals surface area contributed by atoms with E-state index < -0.39 is 0 Å². The molecule has 1 aliphatic heterocycles. The maximum atomic E-state index is 12.2. The minimum Gasteiger partial charge on any atom is -0.352 e. The van der Waals surface area contributed by atoms with Crippen LogP contribution < -0.4 is 0 Å². The first-order valence-electron chi connectivity index (χ1n) is 6.65. The first-order chi connectivity index (χ1) is 10.0. The van der Waals surface area contributed by atoms with Gasteiger partial charge in [-0.2, -0.15) is 10.1 Å². The minimum atomic E-state index is -0.378. The fourth-order valence-electron chi connectivity index (χ4n) is 2.42. The number of hydrogen-bond acceptors (Lipinski definition) is 3.